The smallest absolute Gasteiger partial charge is 0.316 e. The second-order valence-corrected chi connectivity index (χ2v) is 6.70. The molecule has 25 heavy (non-hydrogen) atoms. The topological polar surface area (TPSA) is 49.2 Å². The first kappa shape index (κ1) is 19.6. The average Bonchev–Trinajstić information content (AvgIpc) is 3.15. The van der Waals surface area contributed by atoms with Crippen LogP contribution in [0.3, 0.4) is 0 Å². The van der Waals surface area contributed by atoms with E-state index in [4.69, 9.17) is 14.2 Å². The lowest BCUT2D eigenvalue weighted by Gasteiger charge is -2.28. The molecule has 1 aromatic carbocycles. The third-order valence-corrected chi connectivity index (χ3v) is 5.47. The van der Waals surface area contributed by atoms with E-state index in [1.54, 1.807) is 14.2 Å². The molecule has 0 bridgehead atoms. The number of hydrogen-bond acceptors (Lipinski definition) is 4. The van der Waals surface area contributed by atoms with Crippen molar-refractivity contribution >= 4 is 5.97 Å². The summed E-state index contributed by atoms with van der Waals surface area (Å²) in [5.74, 6) is 1.24. The van der Waals surface area contributed by atoms with Gasteiger partial charge >= 0.3 is 5.97 Å². The van der Waals surface area contributed by atoms with E-state index in [0.29, 0.717) is 18.1 Å². The van der Waals surface area contributed by atoms with Crippen LogP contribution in [0.4, 0.5) is 0 Å². The van der Waals surface area contributed by atoms with Gasteiger partial charge in [-0.1, -0.05) is 18.9 Å². The lowest BCUT2D eigenvalue weighted by Crippen LogP contribution is -3.11. The predicted octanol–water partition coefficient (Wildman–Crippen LogP) is 1.98. The number of nitrogens with one attached hydrogen (secondary N) is 1. The third kappa shape index (κ3) is 4.27. The van der Waals surface area contributed by atoms with Crippen molar-refractivity contribution < 1.29 is 23.9 Å². The number of rotatable bonds is 9. The maximum absolute atomic E-state index is 13.0. The minimum absolute atomic E-state index is 0.0937. The molecule has 0 atom stereocenters. The van der Waals surface area contributed by atoms with Gasteiger partial charge in [0.15, 0.2) is 11.5 Å². The second kappa shape index (κ2) is 9.09. The number of ether oxygens (including phenoxy) is 3. The second-order valence-electron chi connectivity index (χ2n) is 6.70. The molecule has 1 aromatic rings. The number of methoxy groups -OCH3 is 2. The molecule has 0 spiro atoms. The molecule has 2 rings (SSSR count). The van der Waals surface area contributed by atoms with Gasteiger partial charge in [0.1, 0.15) is 13.2 Å². The van der Waals surface area contributed by atoms with E-state index < -0.39 is 5.41 Å². The Morgan fingerprint density at radius 3 is 2.28 bits per heavy atom. The Balaban J connectivity index is 2.16. The molecule has 0 aromatic heterocycles. The predicted molar refractivity (Wildman–Crippen MR) is 97.6 cm³/mol. The Labute approximate surface area is 151 Å². The summed E-state index contributed by atoms with van der Waals surface area (Å²) in [6.45, 7) is 7.75. The highest BCUT2D eigenvalue weighted by Crippen LogP contribution is 2.44. The maximum atomic E-state index is 13.0. The third-order valence-electron chi connectivity index (χ3n) is 5.47. The van der Waals surface area contributed by atoms with E-state index in [-0.39, 0.29) is 5.97 Å². The van der Waals surface area contributed by atoms with Crippen molar-refractivity contribution in [1.29, 1.82) is 0 Å². The lowest BCUT2D eigenvalue weighted by atomic mass is 9.78. The van der Waals surface area contributed by atoms with Crippen LogP contribution in [0.1, 0.15) is 45.1 Å². The molecule has 1 N–H and O–H groups in total. The maximum Gasteiger partial charge on any atom is 0.316 e. The number of carbonyl (C=O) groups excluding carboxylic acids is 1. The summed E-state index contributed by atoms with van der Waals surface area (Å²) in [4.78, 5) is 14.4. The Hall–Kier alpha value is -1.75. The molecule has 5 nitrogen and oxygen atoms in total. The van der Waals surface area contributed by atoms with Gasteiger partial charge in [-0.15, -0.1) is 0 Å². The van der Waals surface area contributed by atoms with Crippen LogP contribution in [0.2, 0.25) is 0 Å². The molecule has 0 unspecified atom stereocenters. The molecule has 0 saturated heterocycles. The van der Waals surface area contributed by atoms with Gasteiger partial charge in [-0.2, -0.15) is 0 Å². The van der Waals surface area contributed by atoms with Crippen LogP contribution in [0.5, 0.6) is 11.5 Å². The first-order chi connectivity index (χ1) is 12.1. The highest BCUT2D eigenvalue weighted by atomic mass is 16.5. The van der Waals surface area contributed by atoms with Gasteiger partial charge in [0.25, 0.3) is 0 Å². The minimum Gasteiger partial charge on any atom is -0.493 e. The summed E-state index contributed by atoms with van der Waals surface area (Å²) in [7, 11) is 3.24. The number of esters is 1. The Kier molecular flexibility index (Phi) is 7.12. The van der Waals surface area contributed by atoms with Gasteiger partial charge in [0.2, 0.25) is 0 Å². The number of hydrogen-bond donors (Lipinski definition) is 1. The number of likely N-dealkylation sites (N-methyl/N-ethyl adjacent to an activating group) is 1. The fraction of sp³-hybridized carbons (Fsp3) is 0.650. The highest BCUT2D eigenvalue weighted by molar-refractivity contribution is 5.84. The minimum atomic E-state index is -0.544. The summed E-state index contributed by atoms with van der Waals surface area (Å²) < 4.78 is 16.5. The van der Waals surface area contributed by atoms with Crippen LogP contribution in [-0.2, 0) is 14.9 Å². The Morgan fingerprint density at radius 2 is 1.72 bits per heavy atom. The van der Waals surface area contributed by atoms with Crippen molar-refractivity contribution in [1.82, 2.24) is 0 Å². The van der Waals surface area contributed by atoms with Gasteiger partial charge in [-0.05, 0) is 44.4 Å². The molecule has 0 amide bonds. The van der Waals surface area contributed by atoms with E-state index in [2.05, 4.69) is 13.8 Å². The molecule has 0 radical (unpaired) electrons. The van der Waals surface area contributed by atoms with Gasteiger partial charge in [-0.3, -0.25) is 4.79 Å². The fourth-order valence-corrected chi connectivity index (χ4v) is 3.75. The lowest BCUT2D eigenvalue weighted by molar-refractivity contribution is -0.896. The molecular weight excluding hydrogens is 318 g/mol. The standard InChI is InChI=1S/C20H31NO4/c1-5-21(6-2)13-14-25-19(22)20(11-7-8-12-20)16-9-10-17(23-3)18(15-16)24-4/h9-10,15H,5-8,11-14H2,1-4H3/p+1. The molecule has 1 aliphatic rings. The SMILES string of the molecule is CC[NH+](CC)CCOC(=O)C1(c2ccc(OC)c(OC)c2)CCCC1. The van der Waals surface area contributed by atoms with E-state index >= 15 is 0 Å². The zero-order valence-corrected chi connectivity index (χ0v) is 16.0. The summed E-state index contributed by atoms with van der Waals surface area (Å²) in [5.41, 5.74) is 0.431. The molecule has 1 aliphatic carbocycles. The monoisotopic (exact) mass is 350 g/mol. The summed E-state index contributed by atoms with van der Waals surface area (Å²) in [6, 6.07) is 5.78. The van der Waals surface area contributed by atoms with Crippen molar-refractivity contribution in [3.8, 4) is 11.5 Å². The van der Waals surface area contributed by atoms with Gasteiger partial charge in [0, 0.05) is 0 Å². The van der Waals surface area contributed by atoms with Crippen molar-refractivity contribution in [2.24, 2.45) is 0 Å². The van der Waals surface area contributed by atoms with Crippen LogP contribution in [0.15, 0.2) is 18.2 Å². The van der Waals surface area contributed by atoms with E-state index in [1.807, 2.05) is 18.2 Å². The fourth-order valence-electron chi connectivity index (χ4n) is 3.75. The van der Waals surface area contributed by atoms with Crippen LogP contribution >= 0.6 is 0 Å². The van der Waals surface area contributed by atoms with Crippen LogP contribution in [0.25, 0.3) is 0 Å². The van der Waals surface area contributed by atoms with E-state index in [1.165, 1.54) is 4.90 Å². The van der Waals surface area contributed by atoms with Crippen molar-refractivity contribution in [3.63, 3.8) is 0 Å². The summed E-state index contributed by atoms with van der Waals surface area (Å²) in [6.07, 6.45) is 3.76. The average molecular weight is 350 g/mol. The summed E-state index contributed by atoms with van der Waals surface area (Å²) >= 11 is 0. The molecule has 0 aliphatic heterocycles. The van der Waals surface area contributed by atoms with Gasteiger partial charge in [-0.25, -0.2) is 0 Å². The first-order valence-electron chi connectivity index (χ1n) is 9.34. The number of quaternary nitrogens is 1. The largest absolute Gasteiger partial charge is 0.493 e. The quantitative estimate of drug-likeness (QED) is 0.692. The van der Waals surface area contributed by atoms with Crippen LogP contribution in [-0.4, -0.2) is 46.4 Å². The molecule has 5 heteroatoms. The van der Waals surface area contributed by atoms with E-state index in [0.717, 1.165) is 50.9 Å². The van der Waals surface area contributed by atoms with Crippen LogP contribution < -0.4 is 14.4 Å². The molecular formula is C20H32NO4+. The zero-order valence-electron chi connectivity index (χ0n) is 16.0. The zero-order chi connectivity index (χ0) is 18.3. The normalized spacial score (nSPS) is 16.0. The van der Waals surface area contributed by atoms with Gasteiger partial charge in [0.05, 0.1) is 32.7 Å². The molecule has 1 fully saturated rings. The van der Waals surface area contributed by atoms with Crippen molar-refractivity contribution in [3.05, 3.63) is 23.8 Å². The van der Waals surface area contributed by atoms with E-state index in [9.17, 15) is 4.79 Å². The highest BCUT2D eigenvalue weighted by Gasteiger charge is 2.44. The molecule has 1 saturated carbocycles. The number of benzene rings is 1. The van der Waals surface area contributed by atoms with Crippen molar-refractivity contribution in [2.45, 2.75) is 44.9 Å². The number of carbonyl (C=O) groups is 1. The summed E-state index contributed by atoms with van der Waals surface area (Å²) in [5, 5.41) is 0. The molecule has 140 valence electrons. The first-order valence-corrected chi connectivity index (χ1v) is 9.34. The molecule has 0 heterocycles. The van der Waals surface area contributed by atoms with Crippen LogP contribution in [0, 0.1) is 0 Å². The van der Waals surface area contributed by atoms with Gasteiger partial charge < -0.3 is 19.1 Å². The Morgan fingerprint density at radius 1 is 1.08 bits per heavy atom. The Bertz CT molecular complexity index is 563. The van der Waals surface area contributed by atoms with Crippen molar-refractivity contribution in [2.75, 3.05) is 40.5 Å².